The molecule has 0 spiro atoms. The van der Waals surface area contributed by atoms with Gasteiger partial charge in [-0.3, -0.25) is 0 Å². The molecule has 2 aliphatic rings. The molecule has 1 unspecified atom stereocenters. The van der Waals surface area contributed by atoms with Crippen LogP contribution in [-0.2, 0) is 14.2 Å². The van der Waals surface area contributed by atoms with Gasteiger partial charge in [0.25, 0.3) is 0 Å². The Hall–Kier alpha value is -0.200. The molecule has 5 heteroatoms. The minimum absolute atomic E-state index is 0.0959. The average molecular weight is 189 g/mol. The van der Waals surface area contributed by atoms with Crippen LogP contribution in [0.3, 0.4) is 0 Å². The summed E-state index contributed by atoms with van der Waals surface area (Å²) in [4.78, 5) is 0. The van der Waals surface area contributed by atoms with Gasteiger partial charge in [0.1, 0.15) is 12.2 Å². The summed E-state index contributed by atoms with van der Waals surface area (Å²) in [5.74, 6) is -0.632. The van der Waals surface area contributed by atoms with Crippen LogP contribution < -0.4 is 5.73 Å². The summed E-state index contributed by atoms with van der Waals surface area (Å²) in [5, 5.41) is 8.91. The molecule has 0 bridgehead atoms. The van der Waals surface area contributed by atoms with Crippen molar-refractivity contribution in [3.63, 3.8) is 0 Å². The maximum absolute atomic E-state index is 8.91. The molecular formula is C8H15NO4. The van der Waals surface area contributed by atoms with E-state index in [1.807, 2.05) is 13.8 Å². The van der Waals surface area contributed by atoms with E-state index in [1.54, 1.807) is 0 Å². The number of hydrogen-bond donors (Lipinski definition) is 2. The van der Waals surface area contributed by atoms with Crippen molar-refractivity contribution in [3.8, 4) is 0 Å². The molecule has 0 aromatic rings. The van der Waals surface area contributed by atoms with Gasteiger partial charge >= 0.3 is 0 Å². The van der Waals surface area contributed by atoms with Crippen molar-refractivity contribution < 1.29 is 19.3 Å². The molecule has 0 amide bonds. The lowest BCUT2D eigenvalue weighted by Gasteiger charge is -2.22. The third kappa shape index (κ3) is 1.47. The Balaban J connectivity index is 2.07. The highest BCUT2D eigenvalue weighted by molar-refractivity contribution is 4.95. The number of fused-ring (bicyclic) bond motifs is 1. The van der Waals surface area contributed by atoms with Crippen LogP contribution in [0.15, 0.2) is 0 Å². The monoisotopic (exact) mass is 189 g/mol. The maximum atomic E-state index is 8.91. The van der Waals surface area contributed by atoms with Crippen LogP contribution in [0.25, 0.3) is 0 Å². The molecule has 2 fully saturated rings. The third-order valence-electron chi connectivity index (χ3n) is 2.39. The fourth-order valence-corrected chi connectivity index (χ4v) is 1.76. The summed E-state index contributed by atoms with van der Waals surface area (Å²) in [6.07, 6.45) is -1.06. The summed E-state index contributed by atoms with van der Waals surface area (Å²) in [6, 6.07) is -0.309. The first-order chi connectivity index (χ1) is 6.03. The van der Waals surface area contributed by atoms with E-state index in [4.69, 9.17) is 25.1 Å². The van der Waals surface area contributed by atoms with E-state index in [1.165, 1.54) is 0 Å². The van der Waals surface area contributed by atoms with Gasteiger partial charge in [0.15, 0.2) is 12.1 Å². The van der Waals surface area contributed by atoms with Gasteiger partial charge in [0.2, 0.25) is 0 Å². The lowest BCUT2D eigenvalue weighted by Crippen LogP contribution is -2.42. The molecule has 2 rings (SSSR count). The molecule has 76 valence electrons. The normalized spacial score (nSPS) is 48.0. The Morgan fingerprint density at radius 2 is 2.08 bits per heavy atom. The molecule has 0 aromatic carbocycles. The maximum Gasteiger partial charge on any atom is 0.189 e. The number of rotatable bonds is 1. The zero-order valence-electron chi connectivity index (χ0n) is 7.77. The molecular weight excluding hydrogens is 174 g/mol. The highest BCUT2D eigenvalue weighted by Gasteiger charge is 2.53. The van der Waals surface area contributed by atoms with Crippen LogP contribution >= 0.6 is 0 Å². The Kier molecular flexibility index (Phi) is 2.08. The van der Waals surface area contributed by atoms with E-state index in [2.05, 4.69) is 0 Å². The Bertz CT molecular complexity index is 208. The molecule has 2 aliphatic heterocycles. The van der Waals surface area contributed by atoms with Crippen molar-refractivity contribution in [2.45, 2.75) is 44.2 Å². The first-order valence-corrected chi connectivity index (χ1v) is 4.41. The summed E-state index contributed by atoms with van der Waals surface area (Å²) in [7, 11) is 0. The van der Waals surface area contributed by atoms with Gasteiger partial charge in [0.05, 0.1) is 12.6 Å². The van der Waals surface area contributed by atoms with Crippen LogP contribution in [0.5, 0.6) is 0 Å². The smallest absolute Gasteiger partial charge is 0.189 e. The van der Waals surface area contributed by atoms with E-state index in [-0.39, 0.29) is 24.9 Å². The summed E-state index contributed by atoms with van der Waals surface area (Å²) >= 11 is 0. The number of hydrogen-bond acceptors (Lipinski definition) is 5. The van der Waals surface area contributed by atoms with Crippen molar-refractivity contribution in [1.82, 2.24) is 0 Å². The third-order valence-corrected chi connectivity index (χ3v) is 2.39. The van der Waals surface area contributed by atoms with Gasteiger partial charge in [-0.05, 0) is 13.8 Å². The number of aliphatic hydroxyl groups is 1. The predicted molar refractivity (Wildman–Crippen MR) is 43.8 cm³/mol. The van der Waals surface area contributed by atoms with Crippen LogP contribution in [0, 0.1) is 0 Å². The molecule has 0 aliphatic carbocycles. The first-order valence-electron chi connectivity index (χ1n) is 4.41. The number of ether oxygens (including phenoxy) is 3. The Morgan fingerprint density at radius 1 is 1.38 bits per heavy atom. The zero-order chi connectivity index (χ0) is 9.64. The van der Waals surface area contributed by atoms with E-state index in [0.717, 1.165) is 0 Å². The molecule has 4 atom stereocenters. The second-order valence-corrected chi connectivity index (χ2v) is 3.90. The van der Waals surface area contributed by atoms with Crippen molar-refractivity contribution in [2.24, 2.45) is 5.73 Å². The van der Waals surface area contributed by atoms with E-state index in [9.17, 15) is 0 Å². The topological polar surface area (TPSA) is 73.9 Å². The van der Waals surface area contributed by atoms with Gasteiger partial charge in [-0.2, -0.15) is 0 Å². The quantitative estimate of drug-likeness (QED) is 0.564. The van der Waals surface area contributed by atoms with Crippen molar-refractivity contribution in [2.75, 3.05) is 6.61 Å². The SMILES string of the molecule is CC1(C)O[C@@H]2O[C@H](CO)C(N)[C@@H]2O1. The van der Waals surface area contributed by atoms with Crippen LogP contribution in [-0.4, -0.2) is 42.0 Å². The zero-order valence-corrected chi connectivity index (χ0v) is 7.77. The minimum atomic E-state index is -0.632. The fourth-order valence-electron chi connectivity index (χ4n) is 1.76. The largest absolute Gasteiger partial charge is 0.394 e. The van der Waals surface area contributed by atoms with E-state index in [0.29, 0.717) is 0 Å². The van der Waals surface area contributed by atoms with E-state index < -0.39 is 12.1 Å². The molecule has 2 heterocycles. The highest BCUT2D eigenvalue weighted by atomic mass is 16.8. The summed E-state index contributed by atoms with van der Waals surface area (Å²) in [5.41, 5.74) is 5.81. The van der Waals surface area contributed by atoms with Gasteiger partial charge < -0.3 is 25.1 Å². The van der Waals surface area contributed by atoms with Crippen LogP contribution in [0.4, 0.5) is 0 Å². The van der Waals surface area contributed by atoms with Crippen molar-refractivity contribution >= 4 is 0 Å². The fraction of sp³-hybridized carbons (Fsp3) is 1.00. The van der Waals surface area contributed by atoms with Gasteiger partial charge in [0, 0.05) is 0 Å². The van der Waals surface area contributed by atoms with Gasteiger partial charge in [-0.25, -0.2) is 0 Å². The van der Waals surface area contributed by atoms with Crippen LogP contribution in [0.1, 0.15) is 13.8 Å². The predicted octanol–water partition coefficient (Wildman–Crippen LogP) is -0.818. The van der Waals surface area contributed by atoms with Gasteiger partial charge in [-0.15, -0.1) is 0 Å². The second-order valence-electron chi connectivity index (χ2n) is 3.90. The average Bonchev–Trinajstić information content (AvgIpc) is 2.47. The van der Waals surface area contributed by atoms with E-state index >= 15 is 0 Å². The lowest BCUT2D eigenvalue weighted by atomic mass is 10.1. The van der Waals surface area contributed by atoms with Crippen molar-refractivity contribution in [3.05, 3.63) is 0 Å². The van der Waals surface area contributed by atoms with Gasteiger partial charge in [-0.1, -0.05) is 0 Å². The van der Waals surface area contributed by atoms with Crippen molar-refractivity contribution in [1.29, 1.82) is 0 Å². The molecule has 2 saturated heterocycles. The first kappa shape index (κ1) is 9.36. The molecule has 0 radical (unpaired) electrons. The molecule has 3 N–H and O–H groups in total. The highest BCUT2D eigenvalue weighted by Crippen LogP contribution is 2.36. The van der Waals surface area contributed by atoms with Crippen LogP contribution in [0.2, 0.25) is 0 Å². The molecule has 0 saturated carbocycles. The summed E-state index contributed by atoms with van der Waals surface area (Å²) < 4.78 is 16.3. The second kappa shape index (κ2) is 2.90. The summed E-state index contributed by atoms with van der Waals surface area (Å²) in [6.45, 7) is 3.53. The Labute approximate surface area is 76.8 Å². The molecule has 0 aromatic heterocycles. The number of nitrogens with two attached hydrogens (primary N) is 1. The minimum Gasteiger partial charge on any atom is -0.394 e. The lowest BCUT2D eigenvalue weighted by molar-refractivity contribution is -0.209. The molecule has 5 nitrogen and oxygen atoms in total. The standard InChI is InChI=1S/C8H15NO4/c1-8(2)12-6-5(9)4(3-10)11-7(6)13-8/h4-7,10H,3,9H2,1-2H3/t4-,5?,6+,7+/m1/s1. The number of aliphatic hydroxyl groups excluding tert-OH is 1. The Morgan fingerprint density at radius 3 is 2.62 bits per heavy atom. The molecule has 13 heavy (non-hydrogen) atoms.